The van der Waals surface area contributed by atoms with Crippen LogP contribution >= 0.6 is 24.0 Å². The van der Waals surface area contributed by atoms with E-state index in [4.69, 9.17) is 4.99 Å². The number of guanidine groups is 1. The van der Waals surface area contributed by atoms with E-state index in [2.05, 4.69) is 40.3 Å². The van der Waals surface area contributed by atoms with Gasteiger partial charge in [-0.1, -0.05) is 0 Å². The fourth-order valence-electron chi connectivity index (χ4n) is 3.61. The minimum atomic E-state index is 0. The van der Waals surface area contributed by atoms with Crippen LogP contribution in [-0.4, -0.2) is 70.9 Å². The minimum Gasteiger partial charge on any atom is -0.357 e. The van der Waals surface area contributed by atoms with Gasteiger partial charge in [0.15, 0.2) is 5.96 Å². The van der Waals surface area contributed by atoms with Gasteiger partial charge in [-0.2, -0.15) is 5.10 Å². The first kappa shape index (κ1) is 19.5. The summed E-state index contributed by atoms with van der Waals surface area (Å²) in [6, 6.07) is 0.718. The molecule has 0 amide bonds. The molecule has 3 rings (SSSR count). The summed E-state index contributed by atoms with van der Waals surface area (Å²) in [6.45, 7) is 11.5. The number of nitrogens with zero attached hydrogens (tertiary/aromatic N) is 5. The van der Waals surface area contributed by atoms with Gasteiger partial charge in [0, 0.05) is 31.9 Å². The van der Waals surface area contributed by atoms with Gasteiger partial charge in [0.1, 0.15) is 0 Å². The second-order valence-corrected chi connectivity index (χ2v) is 6.65. The number of hydrogen-bond donors (Lipinski definition) is 1. The molecule has 0 radical (unpaired) electrons. The Bertz CT molecular complexity index is 523. The molecule has 1 aromatic rings. The largest absolute Gasteiger partial charge is 0.357 e. The first-order valence-electron chi connectivity index (χ1n) is 9.02. The second-order valence-electron chi connectivity index (χ2n) is 6.65. The quantitative estimate of drug-likeness (QED) is 0.427. The van der Waals surface area contributed by atoms with Crippen molar-refractivity contribution in [3.63, 3.8) is 0 Å². The molecule has 1 atom stereocenters. The van der Waals surface area contributed by atoms with E-state index in [-0.39, 0.29) is 24.0 Å². The molecule has 24 heavy (non-hydrogen) atoms. The fraction of sp³-hybridized carbons (Fsp3) is 0.765. The Morgan fingerprint density at radius 1 is 1.33 bits per heavy atom. The minimum absolute atomic E-state index is 0. The fourth-order valence-corrected chi connectivity index (χ4v) is 3.61. The molecule has 1 aromatic heterocycles. The van der Waals surface area contributed by atoms with Crippen molar-refractivity contribution in [2.24, 2.45) is 4.99 Å². The smallest absolute Gasteiger partial charge is 0.194 e. The summed E-state index contributed by atoms with van der Waals surface area (Å²) in [7, 11) is 0. The summed E-state index contributed by atoms with van der Waals surface area (Å²) in [6.07, 6.45) is 7.97. The summed E-state index contributed by atoms with van der Waals surface area (Å²) in [5.74, 6) is 1.07. The van der Waals surface area contributed by atoms with Crippen LogP contribution in [0.15, 0.2) is 17.4 Å². The predicted octanol–water partition coefficient (Wildman–Crippen LogP) is 1.95. The molecule has 2 saturated heterocycles. The van der Waals surface area contributed by atoms with Crippen LogP contribution < -0.4 is 5.32 Å². The summed E-state index contributed by atoms with van der Waals surface area (Å²) in [5, 5.41) is 7.78. The lowest BCUT2D eigenvalue weighted by Gasteiger charge is -2.25. The van der Waals surface area contributed by atoms with Crippen LogP contribution in [0.1, 0.15) is 31.7 Å². The Hall–Kier alpha value is -0.830. The van der Waals surface area contributed by atoms with Gasteiger partial charge in [-0.25, -0.2) is 0 Å². The van der Waals surface area contributed by atoms with E-state index in [0.29, 0.717) is 0 Å². The Morgan fingerprint density at radius 3 is 2.79 bits per heavy atom. The molecule has 0 aromatic carbocycles. The van der Waals surface area contributed by atoms with E-state index in [9.17, 15) is 0 Å². The van der Waals surface area contributed by atoms with Crippen molar-refractivity contribution >= 4 is 29.9 Å². The highest BCUT2D eigenvalue weighted by molar-refractivity contribution is 14.0. The maximum atomic E-state index is 4.81. The third-order valence-electron chi connectivity index (χ3n) is 4.81. The van der Waals surface area contributed by atoms with Crippen LogP contribution in [0.2, 0.25) is 0 Å². The SMILES string of the molecule is CCNC(=NCCn1cc(C)cn1)N1CCC(N2CCCC2)C1.I. The lowest BCUT2D eigenvalue weighted by atomic mass is 10.2. The number of aromatic nitrogens is 2. The molecular weight excluding hydrogens is 415 g/mol. The Morgan fingerprint density at radius 2 is 2.12 bits per heavy atom. The average Bonchev–Trinajstić information content (AvgIpc) is 3.27. The molecule has 1 unspecified atom stereocenters. The summed E-state index contributed by atoms with van der Waals surface area (Å²) in [5.41, 5.74) is 1.20. The highest BCUT2D eigenvalue weighted by Crippen LogP contribution is 2.20. The number of hydrogen-bond acceptors (Lipinski definition) is 3. The molecule has 3 heterocycles. The van der Waals surface area contributed by atoms with Crippen molar-refractivity contribution in [1.82, 2.24) is 24.9 Å². The molecule has 0 spiro atoms. The zero-order chi connectivity index (χ0) is 16.1. The van der Waals surface area contributed by atoms with E-state index in [0.717, 1.165) is 44.7 Å². The molecule has 1 N–H and O–H groups in total. The zero-order valence-corrected chi connectivity index (χ0v) is 17.3. The highest BCUT2D eigenvalue weighted by Gasteiger charge is 2.30. The summed E-state index contributed by atoms with van der Waals surface area (Å²) < 4.78 is 1.97. The van der Waals surface area contributed by atoms with E-state index in [1.165, 1.54) is 37.9 Å². The lowest BCUT2D eigenvalue weighted by Crippen LogP contribution is -2.42. The van der Waals surface area contributed by atoms with E-state index >= 15 is 0 Å². The Kier molecular flexibility index (Phi) is 7.80. The number of aliphatic imine (C=N–C) groups is 1. The van der Waals surface area contributed by atoms with Gasteiger partial charge in [-0.05, 0) is 51.8 Å². The van der Waals surface area contributed by atoms with E-state index < -0.39 is 0 Å². The van der Waals surface area contributed by atoms with Crippen LogP contribution in [0.25, 0.3) is 0 Å². The van der Waals surface area contributed by atoms with Crippen LogP contribution in [0.5, 0.6) is 0 Å². The molecule has 2 aliphatic rings. The Labute approximate surface area is 162 Å². The van der Waals surface area contributed by atoms with Crippen molar-refractivity contribution in [2.45, 2.75) is 45.7 Å². The molecule has 0 bridgehead atoms. The van der Waals surface area contributed by atoms with Crippen molar-refractivity contribution in [2.75, 3.05) is 39.3 Å². The lowest BCUT2D eigenvalue weighted by molar-refractivity contribution is 0.249. The Balaban J connectivity index is 0.00000208. The second kappa shape index (κ2) is 9.60. The number of rotatable bonds is 5. The maximum absolute atomic E-state index is 4.81. The van der Waals surface area contributed by atoms with Gasteiger partial charge in [0.05, 0.1) is 19.3 Å². The molecule has 6 nitrogen and oxygen atoms in total. The first-order valence-corrected chi connectivity index (χ1v) is 9.02. The molecule has 7 heteroatoms. The molecule has 0 aliphatic carbocycles. The van der Waals surface area contributed by atoms with Crippen LogP contribution in [0.4, 0.5) is 0 Å². The van der Waals surface area contributed by atoms with E-state index in [1.54, 1.807) is 0 Å². The topological polar surface area (TPSA) is 48.7 Å². The molecule has 136 valence electrons. The van der Waals surface area contributed by atoms with Gasteiger partial charge in [-0.15, -0.1) is 24.0 Å². The van der Waals surface area contributed by atoms with Crippen molar-refractivity contribution in [3.05, 3.63) is 18.0 Å². The van der Waals surface area contributed by atoms with Gasteiger partial charge in [0.25, 0.3) is 0 Å². The number of nitrogens with one attached hydrogen (secondary N) is 1. The van der Waals surface area contributed by atoms with Gasteiger partial charge >= 0.3 is 0 Å². The van der Waals surface area contributed by atoms with Crippen molar-refractivity contribution in [3.8, 4) is 0 Å². The normalized spacial score (nSPS) is 22.0. The number of aryl methyl sites for hydroxylation is 1. The molecule has 0 saturated carbocycles. The van der Waals surface area contributed by atoms with Crippen LogP contribution in [0.3, 0.4) is 0 Å². The van der Waals surface area contributed by atoms with Crippen molar-refractivity contribution in [1.29, 1.82) is 0 Å². The standard InChI is InChI=1S/C17H30N6.HI/c1-3-18-17(19-7-11-23-13-15(2)12-20-23)22-10-6-16(14-22)21-8-4-5-9-21;/h12-13,16H,3-11,14H2,1-2H3,(H,18,19);1H. The third kappa shape index (κ3) is 5.08. The van der Waals surface area contributed by atoms with Gasteiger partial charge in [-0.3, -0.25) is 14.6 Å². The average molecular weight is 446 g/mol. The number of halogens is 1. The molecular formula is C17H31IN6. The molecule has 2 aliphatic heterocycles. The van der Waals surface area contributed by atoms with Crippen molar-refractivity contribution < 1.29 is 0 Å². The molecule has 2 fully saturated rings. The van der Waals surface area contributed by atoms with Crippen LogP contribution in [0, 0.1) is 6.92 Å². The monoisotopic (exact) mass is 446 g/mol. The van der Waals surface area contributed by atoms with Crippen LogP contribution in [-0.2, 0) is 6.54 Å². The maximum Gasteiger partial charge on any atom is 0.194 e. The van der Waals surface area contributed by atoms with Gasteiger partial charge < -0.3 is 10.2 Å². The zero-order valence-electron chi connectivity index (χ0n) is 14.9. The first-order chi connectivity index (χ1) is 11.3. The third-order valence-corrected chi connectivity index (χ3v) is 4.81. The highest BCUT2D eigenvalue weighted by atomic mass is 127. The van der Waals surface area contributed by atoms with Gasteiger partial charge in [0.2, 0.25) is 0 Å². The van der Waals surface area contributed by atoms with E-state index in [1.807, 2.05) is 10.9 Å². The summed E-state index contributed by atoms with van der Waals surface area (Å²) in [4.78, 5) is 9.91. The predicted molar refractivity (Wildman–Crippen MR) is 109 cm³/mol. The summed E-state index contributed by atoms with van der Waals surface area (Å²) >= 11 is 0. The number of likely N-dealkylation sites (tertiary alicyclic amines) is 2.